The Bertz CT molecular complexity index is 1050. The van der Waals surface area contributed by atoms with Gasteiger partial charge < -0.3 is 14.4 Å². The molecule has 1 saturated carbocycles. The predicted octanol–water partition coefficient (Wildman–Crippen LogP) is 3.47. The maximum absolute atomic E-state index is 13.3. The summed E-state index contributed by atoms with van der Waals surface area (Å²) in [5.74, 6) is 0.294. The zero-order valence-electron chi connectivity index (χ0n) is 19.3. The van der Waals surface area contributed by atoms with Gasteiger partial charge in [-0.15, -0.1) is 0 Å². The summed E-state index contributed by atoms with van der Waals surface area (Å²) in [7, 11) is 0.261. The minimum Gasteiger partial charge on any atom is -0.335 e. The third kappa shape index (κ3) is 6.56. The normalized spacial score (nSPS) is 14.3. The van der Waals surface area contributed by atoms with Crippen LogP contribution in [-0.2, 0) is 33.5 Å². The van der Waals surface area contributed by atoms with Crippen molar-refractivity contribution in [3.8, 4) is 0 Å². The Morgan fingerprint density at radius 1 is 1.25 bits per heavy atom. The van der Waals surface area contributed by atoms with E-state index < -0.39 is 9.84 Å². The highest BCUT2D eigenvalue weighted by molar-refractivity contribution is 7.90. The summed E-state index contributed by atoms with van der Waals surface area (Å²) >= 11 is 6.04. The van der Waals surface area contributed by atoms with Gasteiger partial charge in [0, 0.05) is 30.6 Å². The molecule has 2 aromatic rings. The van der Waals surface area contributed by atoms with Crippen LogP contribution in [0.2, 0.25) is 5.02 Å². The molecule has 0 atom stereocenters. The summed E-state index contributed by atoms with van der Waals surface area (Å²) in [6.45, 7) is 6.29. The maximum Gasteiger partial charge on any atom is 0.228 e. The van der Waals surface area contributed by atoms with Gasteiger partial charge >= 0.3 is 0 Å². The van der Waals surface area contributed by atoms with Gasteiger partial charge in [0.05, 0.1) is 24.2 Å². The third-order valence-corrected chi connectivity index (χ3v) is 7.21. The number of carbonyl (C=O) groups is 1. The molecule has 1 aromatic heterocycles. The first-order chi connectivity index (χ1) is 15.1. The topological polar surface area (TPSA) is 75.5 Å². The van der Waals surface area contributed by atoms with Crippen LogP contribution in [0.15, 0.2) is 35.6 Å². The number of hydrogen-bond donors (Lipinski definition) is 0. The molecule has 1 heterocycles. The van der Waals surface area contributed by atoms with Gasteiger partial charge in [-0.1, -0.05) is 37.6 Å². The van der Waals surface area contributed by atoms with Crippen molar-refractivity contribution < 1.29 is 13.2 Å². The molecule has 0 saturated heterocycles. The first-order valence-corrected chi connectivity index (χ1v) is 13.0. The first-order valence-electron chi connectivity index (χ1n) is 11.0. The van der Waals surface area contributed by atoms with E-state index in [1.54, 1.807) is 35.0 Å². The molecule has 3 rings (SSSR count). The molecule has 0 aliphatic heterocycles. The smallest absolute Gasteiger partial charge is 0.228 e. The standard InChI is InChI=1S/C23H33ClN4O3S/c1-17(2)14-28-21(15-27(11-10-26(3)4)22(29)19-8-9-19)13-25-23(28)32(30,31)16-18-6-5-7-20(24)12-18/h5-7,12-13,17,19H,8-11,14-16H2,1-4H3. The lowest BCUT2D eigenvalue weighted by atomic mass is 10.2. The molecule has 0 unspecified atom stereocenters. The summed E-state index contributed by atoms with van der Waals surface area (Å²) in [6.07, 6.45) is 3.47. The minimum absolute atomic E-state index is 0.0487. The molecule has 0 N–H and O–H groups in total. The first kappa shape index (κ1) is 24.7. The Labute approximate surface area is 196 Å². The van der Waals surface area contributed by atoms with Crippen molar-refractivity contribution in [3.05, 3.63) is 46.7 Å². The minimum atomic E-state index is -3.69. The Kier molecular flexibility index (Phi) is 8.01. The Morgan fingerprint density at radius 3 is 2.56 bits per heavy atom. The van der Waals surface area contributed by atoms with Crippen molar-refractivity contribution in [2.45, 2.75) is 50.7 Å². The second-order valence-electron chi connectivity index (χ2n) is 9.26. The largest absolute Gasteiger partial charge is 0.335 e. The number of likely N-dealkylation sites (N-methyl/N-ethyl adjacent to an activating group) is 1. The van der Waals surface area contributed by atoms with Gasteiger partial charge in [0.25, 0.3) is 0 Å². The summed E-state index contributed by atoms with van der Waals surface area (Å²) < 4.78 is 28.3. The number of amides is 1. The molecule has 0 spiro atoms. The Balaban J connectivity index is 1.90. The van der Waals surface area contributed by atoms with Gasteiger partial charge in [-0.25, -0.2) is 13.4 Å². The lowest BCUT2D eigenvalue weighted by molar-refractivity contribution is -0.133. The van der Waals surface area contributed by atoms with Gasteiger partial charge in [0.15, 0.2) is 0 Å². The van der Waals surface area contributed by atoms with Crippen molar-refractivity contribution >= 4 is 27.3 Å². The van der Waals surface area contributed by atoms with Crippen LogP contribution in [0.4, 0.5) is 0 Å². The molecule has 1 aliphatic rings. The average Bonchev–Trinajstić information content (AvgIpc) is 3.46. The number of carbonyl (C=O) groups excluding carboxylic acids is 1. The van der Waals surface area contributed by atoms with Crippen molar-refractivity contribution in [3.63, 3.8) is 0 Å². The molecule has 32 heavy (non-hydrogen) atoms. The van der Waals surface area contributed by atoms with Gasteiger partial charge in [0.1, 0.15) is 0 Å². The number of aromatic nitrogens is 2. The van der Waals surface area contributed by atoms with Gasteiger partial charge in [-0.05, 0) is 50.6 Å². The summed E-state index contributed by atoms with van der Waals surface area (Å²) in [4.78, 5) is 21.1. The lowest BCUT2D eigenvalue weighted by Crippen LogP contribution is -2.37. The van der Waals surface area contributed by atoms with Crippen LogP contribution in [0.1, 0.15) is 37.9 Å². The number of sulfone groups is 1. The van der Waals surface area contributed by atoms with Gasteiger partial charge in [0.2, 0.25) is 20.9 Å². The lowest BCUT2D eigenvalue weighted by Gasteiger charge is -2.25. The van der Waals surface area contributed by atoms with Crippen molar-refractivity contribution in [1.82, 2.24) is 19.4 Å². The van der Waals surface area contributed by atoms with E-state index in [4.69, 9.17) is 11.6 Å². The van der Waals surface area contributed by atoms with Crippen LogP contribution in [0.5, 0.6) is 0 Å². The van der Waals surface area contributed by atoms with Crippen LogP contribution in [0, 0.1) is 11.8 Å². The van der Waals surface area contributed by atoms with Crippen molar-refractivity contribution in [1.29, 1.82) is 0 Å². The van der Waals surface area contributed by atoms with E-state index in [2.05, 4.69) is 4.98 Å². The van der Waals surface area contributed by atoms with E-state index in [1.807, 2.05) is 37.7 Å². The second-order valence-corrected chi connectivity index (χ2v) is 11.6. The Morgan fingerprint density at radius 2 is 1.97 bits per heavy atom. The summed E-state index contributed by atoms with van der Waals surface area (Å²) in [5, 5.41) is 0.548. The number of benzene rings is 1. The van der Waals surface area contributed by atoms with E-state index in [1.165, 1.54) is 0 Å². The van der Waals surface area contributed by atoms with Gasteiger partial charge in [-0.2, -0.15) is 0 Å². The van der Waals surface area contributed by atoms with E-state index in [-0.39, 0.29) is 28.7 Å². The van der Waals surface area contributed by atoms with E-state index >= 15 is 0 Å². The zero-order valence-corrected chi connectivity index (χ0v) is 20.9. The van der Waals surface area contributed by atoms with Gasteiger partial charge in [-0.3, -0.25) is 4.79 Å². The molecule has 1 fully saturated rings. The number of halogens is 1. The van der Waals surface area contributed by atoms with E-state index in [0.29, 0.717) is 30.2 Å². The van der Waals surface area contributed by atoms with Crippen LogP contribution in [-0.4, -0.2) is 60.9 Å². The van der Waals surface area contributed by atoms with Crippen LogP contribution in [0.3, 0.4) is 0 Å². The quantitative estimate of drug-likeness (QED) is 0.492. The molecule has 9 heteroatoms. The molecule has 1 amide bonds. The van der Waals surface area contributed by atoms with Crippen LogP contribution in [0.25, 0.3) is 0 Å². The number of rotatable bonds is 11. The third-order valence-electron chi connectivity index (χ3n) is 5.38. The second kappa shape index (κ2) is 10.4. The molecule has 0 radical (unpaired) electrons. The summed E-state index contributed by atoms with van der Waals surface area (Å²) in [6, 6.07) is 6.87. The fourth-order valence-corrected chi connectivity index (χ4v) is 5.31. The fraction of sp³-hybridized carbons (Fsp3) is 0.565. The monoisotopic (exact) mass is 480 g/mol. The molecular formula is C23H33ClN4O3S. The number of hydrogen-bond acceptors (Lipinski definition) is 5. The predicted molar refractivity (Wildman–Crippen MR) is 126 cm³/mol. The fourth-order valence-electron chi connectivity index (χ4n) is 3.61. The highest BCUT2D eigenvalue weighted by atomic mass is 35.5. The average molecular weight is 481 g/mol. The highest BCUT2D eigenvalue weighted by Crippen LogP contribution is 2.31. The van der Waals surface area contributed by atoms with E-state index in [9.17, 15) is 13.2 Å². The number of nitrogens with zero attached hydrogens (tertiary/aromatic N) is 4. The molecular weight excluding hydrogens is 448 g/mol. The van der Waals surface area contributed by atoms with Crippen molar-refractivity contribution in [2.75, 3.05) is 27.2 Å². The highest BCUT2D eigenvalue weighted by Gasteiger charge is 2.34. The maximum atomic E-state index is 13.3. The van der Waals surface area contributed by atoms with E-state index in [0.717, 1.165) is 25.1 Å². The molecule has 176 valence electrons. The van der Waals surface area contributed by atoms with Crippen LogP contribution < -0.4 is 0 Å². The van der Waals surface area contributed by atoms with Crippen molar-refractivity contribution in [2.24, 2.45) is 11.8 Å². The summed E-state index contributed by atoms with van der Waals surface area (Å²) in [5.41, 5.74) is 1.37. The molecule has 0 bridgehead atoms. The molecule has 1 aromatic carbocycles. The number of imidazole rings is 1. The SMILES string of the molecule is CC(C)Cn1c(CN(CCN(C)C)C(=O)C2CC2)cnc1S(=O)(=O)Cc1cccc(Cl)c1. The molecule has 1 aliphatic carbocycles. The Hall–Kier alpha value is -1.90. The van der Waals surface area contributed by atoms with Crippen LogP contribution >= 0.6 is 11.6 Å². The zero-order chi connectivity index (χ0) is 23.5. The molecule has 7 nitrogen and oxygen atoms in total.